The van der Waals surface area contributed by atoms with Gasteiger partial charge in [0.15, 0.2) is 0 Å². The first kappa shape index (κ1) is 19.4. The molecular formula is C15H19Cl2N3O3. The molecule has 1 rings (SSSR count). The topological polar surface area (TPSA) is 79.8 Å². The van der Waals surface area contributed by atoms with Crippen LogP contribution in [0.25, 0.3) is 0 Å². The number of hydrazone groups is 1. The van der Waals surface area contributed by atoms with E-state index < -0.39 is 11.8 Å². The Balaban J connectivity index is 2.35. The van der Waals surface area contributed by atoms with Crippen LogP contribution in [0.2, 0.25) is 10.0 Å². The van der Waals surface area contributed by atoms with Crippen LogP contribution in [0.3, 0.4) is 0 Å². The van der Waals surface area contributed by atoms with E-state index >= 15 is 0 Å². The maximum atomic E-state index is 11.5. The predicted octanol–water partition coefficient (Wildman–Crippen LogP) is 2.37. The number of nitrogens with one attached hydrogen (secondary N) is 2. The summed E-state index contributed by atoms with van der Waals surface area (Å²) >= 11 is 11.9. The van der Waals surface area contributed by atoms with Crippen molar-refractivity contribution in [1.82, 2.24) is 10.7 Å². The molecule has 0 saturated heterocycles. The highest BCUT2D eigenvalue weighted by Crippen LogP contribution is 2.21. The number of hydrogen-bond acceptors (Lipinski definition) is 4. The van der Waals surface area contributed by atoms with Crippen molar-refractivity contribution in [3.63, 3.8) is 0 Å². The van der Waals surface area contributed by atoms with E-state index in [1.165, 1.54) is 6.21 Å². The molecule has 0 saturated carbocycles. The molecule has 126 valence electrons. The van der Waals surface area contributed by atoms with Gasteiger partial charge in [-0.05, 0) is 32.4 Å². The third-order valence-electron chi connectivity index (χ3n) is 2.62. The fourth-order valence-corrected chi connectivity index (χ4v) is 2.01. The van der Waals surface area contributed by atoms with Gasteiger partial charge in [-0.3, -0.25) is 9.59 Å². The molecule has 0 atom stereocenters. The summed E-state index contributed by atoms with van der Waals surface area (Å²) in [7, 11) is 0. The quantitative estimate of drug-likeness (QED) is 0.339. The highest BCUT2D eigenvalue weighted by molar-refractivity contribution is 6.38. The Morgan fingerprint density at radius 3 is 2.52 bits per heavy atom. The van der Waals surface area contributed by atoms with Crippen molar-refractivity contribution in [3.8, 4) is 0 Å². The summed E-state index contributed by atoms with van der Waals surface area (Å²) in [4.78, 5) is 23.1. The summed E-state index contributed by atoms with van der Waals surface area (Å²) in [6, 6.07) is 4.97. The van der Waals surface area contributed by atoms with Gasteiger partial charge in [-0.1, -0.05) is 29.3 Å². The van der Waals surface area contributed by atoms with Gasteiger partial charge in [-0.15, -0.1) is 0 Å². The lowest BCUT2D eigenvalue weighted by atomic mass is 10.2. The summed E-state index contributed by atoms with van der Waals surface area (Å²) in [5.41, 5.74) is 2.57. The fraction of sp³-hybridized carbons (Fsp3) is 0.400. The van der Waals surface area contributed by atoms with E-state index in [0.29, 0.717) is 35.2 Å². The van der Waals surface area contributed by atoms with Crippen LogP contribution in [0.5, 0.6) is 0 Å². The minimum absolute atomic E-state index is 0.139. The zero-order valence-corrected chi connectivity index (χ0v) is 14.4. The van der Waals surface area contributed by atoms with Gasteiger partial charge in [-0.25, -0.2) is 5.43 Å². The second kappa shape index (κ2) is 10.2. The average Bonchev–Trinajstić information content (AvgIpc) is 2.49. The van der Waals surface area contributed by atoms with Crippen LogP contribution < -0.4 is 10.7 Å². The van der Waals surface area contributed by atoms with Gasteiger partial charge >= 0.3 is 11.8 Å². The molecule has 8 heteroatoms. The third kappa shape index (κ3) is 7.45. The first-order valence-electron chi connectivity index (χ1n) is 7.08. The molecular weight excluding hydrogens is 341 g/mol. The average molecular weight is 360 g/mol. The van der Waals surface area contributed by atoms with E-state index in [0.717, 1.165) is 0 Å². The van der Waals surface area contributed by atoms with E-state index in [4.69, 9.17) is 27.9 Å². The van der Waals surface area contributed by atoms with Crippen LogP contribution in [0.15, 0.2) is 23.3 Å². The second-order valence-corrected chi connectivity index (χ2v) is 5.68. The van der Waals surface area contributed by atoms with Crippen LogP contribution in [0, 0.1) is 0 Å². The minimum atomic E-state index is -0.866. The maximum absolute atomic E-state index is 11.5. The monoisotopic (exact) mass is 359 g/mol. The van der Waals surface area contributed by atoms with Crippen LogP contribution >= 0.6 is 23.2 Å². The van der Waals surface area contributed by atoms with E-state index in [2.05, 4.69) is 15.8 Å². The summed E-state index contributed by atoms with van der Waals surface area (Å²) in [6.45, 7) is 4.71. The Bertz CT molecular complexity index is 557. The van der Waals surface area contributed by atoms with E-state index in [1.807, 2.05) is 13.8 Å². The minimum Gasteiger partial charge on any atom is -0.379 e. The Kier molecular flexibility index (Phi) is 8.61. The highest BCUT2D eigenvalue weighted by Gasteiger charge is 2.11. The summed E-state index contributed by atoms with van der Waals surface area (Å²) < 4.78 is 5.32. The van der Waals surface area contributed by atoms with Gasteiger partial charge in [0.05, 0.1) is 22.4 Å². The molecule has 0 radical (unpaired) electrons. The first-order valence-corrected chi connectivity index (χ1v) is 7.84. The Morgan fingerprint density at radius 2 is 1.91 bits per heavy atom. The highest BCUT2D eigenvalue weighted by atomic mass is 35.5. The number of carbonyl (C=O) groups is 2. The lowest BCUT2D eigenvalue weighted by Gasteiger charge is -2.07. The zero-order chi connectivity index (χ0) is 17.2. The summed E-state index contributed by atoms with van der Waals surface area (Å²) in [6.07, 6.45) is 2.04. The van der Waals surface area contributed by atoms with Crippen molar-refractivity contribution in [1.29, 1.82) is 0 Å². The summed E-state index contributed by atoms with van der Waals surface area (Å²) in [5, 5.41) is 6.93. The molecule has 0 spiro atoms. The Hall–Kier alpha value is -1.63. The van der Waals surface area contributed by atoms with Gasteiger partial charge in [0.1, 0.15) is 0 Å². The van der Waals surface area contributed by atoms with Crippen LogP contribution in [-0.4, -0.2) is 37.3 Å². The third-order valence-corrected chi connectivity index (χ3v) is 3.28. The maximum Gasteiger partial charge on any atom is 0.329 e. The molecule has 0 aliphatic rings. The molecule has 0 bridgehead atoms. The van der Waals surface area contributed by atoms with Gasteiger partial charge in [0, 0.05) is 18.7 Å². The second-order valence-electron chi connectivity index (χ2n) is 4.86. The van der Waals surface area contributed by atoms with Crippen LogP contribution in [0.4, 0.5) is 0 Å². The van der Waals surface area contributed by atoms with Gasteiger partial charge in [-0.2, -0.15) is 5.10 Å². The molecule has 1 aromatic carbocycles. The van der Waals surface area contributed by atoms with Crippen molar-refractivity contribution < 1.29 is 14.3 Å². The molecule has 2 amide bonds. The molecule has 0 aromatic heterocycles. The van der Waals surface area contributed by atoms with Crippen molar-refractivity contribution >= 4 is 41.2 Å². The molecule has 0 aliphatic carbocycles. The normalized spacial score (nSPS) is 11.0. The molecule has 1 aromatic rings. The number of ether oxygens (including phenoxy) is 1. The number of halogens is 2. The van der Waals surface area contributed by atoms with E-state index in [-0.39, 0.29) is 6.10 Å². The van der Waals surface area contributed by atoms with Crippen LogP contribution in [0.1, 0.15) is 25.8 Å². The molecule has 23 heavy (non-hydrogen) atoms. The van der Waals surface area contributed by atoms with Crippen LogP contribution in [-0.2, 0) is 14.3 Å². The number of hydrogen-bond donors (Lipinski definition) is 2. The number of nitrogens with zero attached hydrogens (tertiary/aromatic N) is 1. The largest absolute Gasteiger partial charge is 0.379 e. The lowest BCUT2D eigenvalue weighted by molar-refractivity contribution is -0.139. The number of rotatable bonds is 7. The fourth-order valence-electron chi connectivity index (χ4n) is 1.51. The first-order chi connectivity index (χ1) is 10.9. The molecule has 0 unspecified atom stereocenters. The predicted molar refractivity (Wildman–Crippen MR) is 90.9 cm³/mol. The van der Waals surface area contributed by atoms with Crippen molar-refractivity contribution in [3.05, 3.63) is 33.8 Å². The van der Waals surface area contributed by atoms with Gasteiger partial charge in [0.2, 0.25) is 0 Å². The Labute approximate surface area is 145 Å². The smallest absolute Gasteiger partial charge is 0.329 e. The SMILES string of the molecule is CC(C)OCCCNC(=O)C(=O)N/N=C/c1c(Cl)cccc1Cl. The Morgan fingerprint density at radius 1 is 1.26 bits per heavy atom. The number of carbonyl (C=O) groups excluding carboxylic acids is 2. The number of benzene rings is 1. The van der Waals surface area contributed by atoms with E-state index in [1.54, 1.807) is 18.2 Å². The summed E-state index contributed by atoms with van der Waals surface area (Å²) in [5.74, 6) is -1.63. The lowest BCUT2D eigenvalue weighted by Crippen LogP contribution is -2.38. The standard InChI is InChI=1S/C15H19Cl2N3O3/c1-10(2)23-8-4-7-18-14(21)15(22)20-19-9-11-12(16)5-3-6-13(11)17/h3,5-6,9-10H,4,7-8H2,1-2H3,(H,18,21)(H,20,22)/b19-9+. The van der Waals surface area contributed by atoms with Gasteiger partial charge < -0.3 is 10.1 Å². The van der Waals surface area contributed by atoms with Crippen molar-refractivity contribution in [2.75, 3.05) is 13.2 Å². The van der Waals surface area contributed by atoms with E-state index in [9.17, 15) is 9.59 Å². The van der Waals surface area contributed by atoms with Crippen molar-refractivity contribution in [2.45, 2.75) is 26.4 Å². The zero-order valence-electron chi connectivity index (χ0n) is 12.9. The molecule has 0 fully saturated rings. The van der Waals surface area contributed by atoms with Gasteiger partial charge in [0.25, 0.3) is 0 Å². The molecule has 0 heterocycles. The molecule has 6 nitrogen and oxygen atoms in total. The molecule has 0 aliphatic heterocycles. The van der Waals surface area contributed by atoms with Crippen molar-refractivity contribution in [2.24, 2.45) is 5.10 Å². The number of amides is 2. The molecule has 2 N–H and O–H groups in total.